The van der Waals surface area contributed by atoms with Crippen LogP contribution in [0.25, 0.3) is 10.2 Å². The second-order valence-electron chi connectivity index (χ2n) is 5.70. The predicted octanol–water partition coefficient (Wildman–Crippen LogP) is 3.80. The van der Waals surface area contributed by atoms with Crippen LogP contribution in [0.3, 0.4) is 0 Å². The Morgan fingerprint density at radius 3 is 2.83 bits per heavy atom. The maximum Gasteiger partial charge on any atom is 0.224 e. The normalized spacial score (nSPS) is 18.1. The zero-order valence-corrected chi connectivity index (χ0v) is 15.8. The molecule has 7 heteroatoms. The van der Waals surface area contributed by atoms with E-state index >= 15 is 0 Å². The number of nitrogens with zero attached hydrogens (tertiary/aromatic N) is 2. The molecule has 0 bridgehead atoms. The minimum atomic E-state index is 0. The molecule has 128 valence electrons. The molecule has 2 aromatic rings. The van der Waals surface area contributed by atoms with Crippen LogP contribution in [0.15, 0.2) is 24.3 Å². The smallest absolute Gasteiger partial charge is 0.224 e. The van der Waals surface area contributed by atoms with Gasteiger partial charge in [-0.2, -0.15) is 0 Å². The highest BCUT2D eigenvalue weighted by atomic mass is 35.5. The molecule has 1 aromatic carbocycles. The van der Waals surface area contributed by atoms with Crippen molar-refractivity contribution in [3.63, 3.8) is 0 Å². The van der Waals surface area contributed by atoms with Gasteiger partial charge in [0.1, 0.15) is 5.01 Å². The fourth-order valence-electron chi connectivity index (χ4n) is 2.74. The molecule has 1 aromatic heterocycles. The first kappa shape index (κ1) is 20.2. The van der Waals surface area contributed by atoms with E-state index in [1.165, 1.54) is 11.1 Å². The number of halogens is 2. The largest absolute Gasteiger partial charge is 0.337 e. The second kappa shape index (κ2) is 8.83. The fraction of sp³-hybridized carbons (Fsp3) is 0.500. The Morgan fingerprint density at radius 1 is 1.43 bits per heavy atom. The third-order valence-electron chi connectivity index (χ3n) is 4.23. The van der Waals surface area contributed by atoms with E-state index in [1.807, 2.05) is 30.1 Å². The number of carbonyl (C=O) groups excluding carboxylic acids is 1. The fourth-order valence-corrected chi connectivity index (χ4v) is 3.80. The van der Waals surface area contributed by atoms with Gasteiger partial charge in [0.05, 0.1) is 16.3 Å². The lowest BCUT2D eigenvalue weighted by Crippen LogP contribution is -2.34. The van der Waals surface area contributed by atoms with Crippen LogP contribution >= 0.6 is 36.2 Å². The number of fused-ring (bicyclic) bond motifs is 1. The van der Waals surface area contributed by atoms with Crippen molar-refractivity contribution in [2.24, 2.45) is 0 Å². The topological polar surface area (TPSA) is 45.2 Å². The SMILES string of the molecule is CC(c1nc2ccccc2s1)N(C)C(=O)CC1CCCN1.Cl.Cl. The maximum absolute atomic E-state index is 12.4. The van der Waals surface area contributed by atoms with Crippen molar-refractivity contribution in [1.29, 1.82) is 0 Å². The van der Waals surface area contributed by atoms with Crippen LogP contribution in [0.1, 0.15) is 37.2 Å². The first-order valence-electron chi connectivity index (χ1n) is 7.49. The summed E-state index contributed by atoms with van der Waals surface area (Å²) in [4.78, 5) is 18.9. The van der Waals surface area contributed by atoms with Crippen LogP contribution in [0, 0.1) is 0 Å². The number of rotatable bonds is 4. The van der Waals surface area contributed by atoms with E-state index in [0.717, 1.165) is 23.5 Å². The molecule has 2 atom stereocenters. The van der Waals surface area contributed by atoms with E-state index in [-0.39, 0.29) is 36.8 Å². The second-order valence-corrected chi connectivity index (χ2v) is 6.76. The number of thiazole rings is 1. The van der Waals surface area contributed by atoms with Crippen molar-refractivity contribution in [1.82, 2.24) is 15.2 Å². The minimum Gasteiger partial charge on any atom is -0.337 e. The van der Waals surface area contributed by atoms with Gasteiger partial charge in [-0.15, -0.1) is 36.2 Å². The zero-order valence-electron chi connectivity index (χ0n) is 13.3. The summed E-state index contributed by atoms with van der Waals surface area (Å²) in [5.74, 6) is 0.196. The lowest BCUT2D eigenvalue weighted by molar-refractivity contribution is -0.132. The molecule has 0 saturated carbocycles. The van der Waals surface area contributed by atoms with Crippen molar-refractivity contribution in [3.05, 3.63) is 29.3 Å². The molecule has 1 aliphatic heterocycles. The average Bonchev–Trinajstić information content (AvgIpc) is 3.14. The highest BCUT2D eigenvalue weighted by Gasteiger charge is 2.24. The van der Waals surface area contributed by atoms with E-state index in [1.54, 1.807) is 11.3 Å². The van der Waals surface area contributed by atoms with E-state index in [0.29, 0.717) is 12.5 Å². The average molecular weight is 376 g/mol. The van der Waals surface area contributed by atoms with Gasteiger partial charge in [0, 0.05) is 19.5 Å². The number of para-hydroxylation sites is 1. The molecule has 1 saturated heterocycles. The highest BCUT2D eigenvalue weighted by Crippen LogP contribution is 2.29. The number of carbonyl (C=O) groups is 1. The Balaban J connectivity index is 0.00000132. The standard InChI is InChI=1S/C16H21N3OS.2ClH/c1-11(16-18-13-7-3-4-8-14(13)21-16)19(2)15(20)10-12-6-5-9-17-12;;/h3-4,7-8,11-12,17H,5-6,9-10H2,1-2H3;2*1H. The zero-order chi connectivity index (χ0) is 14.8. The third kappa shape index (κ3) is 4.57. The third-order valence-corrected chi connectivity index (χ3v) is 5.43. The van der Waals surface area contributed by atoms with Crippen molar-refractivity contribution in [2.75, 3.05) is 13.6 Å². The lowest BCUT2D eigenvalue weighted by Gasteiger charge is -2.24. The Hall–Kier alpha value is -0.880. The molecule has 1 N–H and O–H groups in total. The minimum absolute atomic E-state index is 0. The molecule has 2 heterocycles. The number of benzene rings is 1. The lowest BCUT2D eigenvalue weighted by atomic mass is 10.1. The highest BCUT2D eigenvalue weighted by molar-refractivity contribution is 7.18. The van der Waals surface area contributed by atoms with Crippen molar-refractivity contribution in [3.8, 4) is 0 Å². The molecular weight excluding hydrogens is 353 g/mol. The summed E-state index contributed by atoms with van der Waals surface area (Å²) in [7, 11) is 1.88. The summed E-state index contributed by atoms with van der Waals surface area (Å²) >= 11 is 1.67. The van der Waals surface area contributed by atoms with Gasteiger partial charge >= 0.3 is 0 Å². The predicted molar refractivity (Wildman–Crippen MR) is 101 cm³/mol. The Kier molecular flexibility index (Phi) is 7.74. The monoisotopic (exact) mass is 375 g/mol. The van der Waals surface area contributed by atoms with E-state index < -0.39 is 0 Å². The Morgan fingerprint density at radius 2 is 2.17 bits per heavy atom. The first-order chi connectivity index (χ1) is 10.1. The van der Waals surface area contributed by atoms with Crippen LogP contribution in [0.2, 0.25) is 0 Å². The number of aromatic nitrogens is 1. The molecule has 1 amide bonds. The van der Waals surface area contributed by atoms with Crippen LogP contribution in [-0.2, 0) is 4.79 Å². The summed E-state index contributed by atoms with van der Waals surface area (Å²) in [5.41, 5.74) is 1.02. The van der Waals surface area contributed by atoms with E-state index in [9.17, 15) is 4.79 Å². The molecule has 3 rings (SSSR count). The molecule has 0 aliphatic carbocycles. The van der Waals surface area contributed by atoms with Gasteiger partial charge in [-0.1, -0.05) is 12.1 Å². The van der Waals surface area contributed by atoms with Gasteiger partial charge in [0.25, 0.3) is 0 Å². The molecule has 1 fully saturated rings. The van der Waals surface area contributed by atoms with Crippen LogP contribution < -0.4 is 5.32 Å². The Labute approximate surface area is 153 Å². The summed E-state index contributed by atoms with van der Waals surface area (Å²) in [6, 6.07) is 8.49. The molecule has 23 heavy (non-hydrogen) atoms. The van der Waals surface area contributed by atoms with Crippen molar-refractivity contribution in [2.45, 2.75) is 38.3 Å². The van der Waals surface area contributed by atoms with Gasteiger partial charge in [-0.25, -0.2) is 4.98 Å². The van der Waals surface area contributed by atoms with Crippen molar-refractivity contribution >= 4 is 52.3 Å². The van der Waals surface area contributed by atoms with Gasteiger partial charge in [-0.05, 0) is 38.4 Å². The van der Waals surface area contributed by atoms with Gasteiger partial charge < -0.3 is 10.2 Å². The number of hydrogen-bond acceptors (Lipinski definition) is 4. The van der Waals surface area contributed by atoms with Crippen LogP contribution in [-0.4, -0.2) is 35.4 Å². The van der Waals surface area contributed by atoms with Crippen molar-refractivity contribution < 1.29 is 4.79 Å². The summed E-state index contributed by atoms with van der Waals surface area (Å²) < 4.78 is 1.18. The summed E-state index contributed by atoms with van der Waals surface area (Å²) in [6.45, 7) is 3.09. The van der Waals surface area contributed by atoms with E-state index in [4.69, 9.17) is 0 Å². The van der Waals surface area contributed by atoms with Gasteiger partial charge in [0.15, 0.2) is 0 Å². The molecule has 1 aliphatic rings. The number of amides is 1. The molecular formula is C16H23Cl2N3OS. The molecule has 4 nitrogen and oxygen atoms in total. The van der Waals surface area contributed by atoms with E-state index in [2.05, 4.69) is 23.3 Å². The molecule has 0 radical (unpaired) electrons. The molecule has 0 spiro atoms. The molecule has 2 unspecified atom stereocenters. The van der Waals surface area contributed by atoms with Gasteiger partial charge in [-0.3, -0.25) is 4.79 Å². The Bertz CT molecular complexity index is 610. The summed E-state index contributed by atoms with van der Waals surface area (Å²) in [5, 5.41) is 4.39. The quantitative estimate of drug-likeness (QED) is 0.883. The van der Waals surface area contributed by atoms with Crippen LogP contribution in [0.4, 0.5) is 0 Å². The number of nitrogens with one attached hydrogen (secondary N) is 1. The van der Waals surface area contributed by atoms with Crippen LogP contribution in [0.5, 0.6) is 0 Å². The maximum atomic E-state index is 12.4. The van der Waals surface area contributed by atoms with Gasteiger partial charge in [0.2, 0.25) is 5.91 Å². The number of hydrogen-bond donors (Lipinski definition) is 1. The summed E-state index contributed by atoms with van der Waals surface area (Å²) in [6.07, 6.45) is 2.87. The first-order valence-corrected chi connectivity index (χ1v) is 8.31.